The van der Waals surface area contributed by atoms with E-state index in [2.05, 4.69) is 0 Å². The van der Waals surface area contributed by atoms with E-state index < -0.39 is 17.9 Å². The van der Waals surface area contributed by atoms with Crippen LogP contribution >= 0.6 is 0 Å². The largest absolute Gasteiger partial charge is 0.479 e. The predicted molar refractivity (Wildman–Crippen MR) is 57.8 cm³/mol. The average Bonchev–Trinajstić information content (AvgIpc) is 2.20. The summed E-state index contributed by atoms with van der Waals surface area (Å²) in [5.41, 5.74) is 5.61. The lowest BCUT2D eigenvalue weighted by molar-refractivity contribution is -0.145. The summed E-state index contributed by atoms with van der Waals surface area (Å²) in [6.45, 7) is 1.85. The lowest BCUT2D eigenvalue weighted by Gasteiger charge is -2.15. The molecule has 0 aliphatic heterocycles. The van der Waals surface area contributed by atoms with Gasteiger partial charge in [0.05, 0.1) is 5.69 Å². The molecule has 0 heterocycles. The fourth-order valence-corrected chi connectivity index (χ4v) is 1.27. The number of halogens is 1. The molecule has 0 amide bonds. The third-order valence-electron chi connectivity index (χ3n) is 2.07. The van der Waals surface area contributed by atoms with E-state index in [-0.39, 0.29) is 11.4 Å². The summed E-state index contributed by atoms with van der Waals surface area (Å²) in [4.78, 5) is 10.8. The highest BCUT2D eigenvalue weighted by Crippen LogP contribution is 2.23. The number of hydrogen-bond donors (Lipinski definition) is 2. The van der Waals surface area contributed by atoms with Gasteiger partial charge in [-0.2, -0.15) is 0 Å². The Labute approximate surface area is 92.8 Å². The van der Waals surface area contributed by atoms with Crippen molar-refractivity contribution in [1.82, 2.24) is 0 Å². The molecule has 4 nitrogen and oxygen atoms in total. The monoisotopic (exact) mass is 227 g/mol. The second-order valence-corrected chi connectivity index (χ2v) is 3.42. The second-order valence-electron chi connectivity index (χ2n) is 3.42. The molecular formula is C11H14FNO3. The lowest BCUT2D eigenvalue weighted by Crippen LogP contribution is -2.27. The van der Waals surface area contributed by atoms with Crippen LogP contribution in [-0.4, -0.2) is 17.2 Å². The Balaban J connectivity index is 2.81. The molecular weight excluding hydrogens is 213 g/mol. The van der Waals surface area contributed by atoms with Crippen molar-refractivity contribution in [1.29, 1.82) is 0 Å². The number of carboxylic acid groups (broad SMARTS) is 1. The van der Waals surface area contributed by atoms with Gasteiger partial charge in [0.25, 0.3) is 0 Å². The lowest BCUT2D eigenvalue weighted by atomic mass is 10.2. The maximum absolute atomic E-state index is 12.7. The molecule has 88 valence electrons. The standard InChI is InChI=1S/C11H14FNO3/c1-2-3-10(11(14)15)16-9-5-4-7(12)6-8(9)13/h4-6,10H,2-3,13H2,1H3,(H,14,15). The van der Waals surface area contributed by atoms with Gasteiger partial charge < -0.3 is 15.6 Å². The summed E-state index contributed by atoms with van der Waals surface area (Å²) in [5, 5.41) is 8.87. The number of anilines is 1. The molecule has 0 saturated carbocycles. The van der Waals surface area contributed by atoms with Gasteiger partial charge in [-0.05, 0) is 18.6 Å². The Bertz CT molecular complexity index is 381. The third-order valence-corrected chi connectivity index (χ3v) is 2.07. The Morgan fingerprint density at radius 3 is 2.81 bits per heavy atom. The van der Waals surface area contributed by atoms with Gasteiger partial charge in [0, 0.05) is 6.07 Å². The minimum atomic E-state index is -1.05. The highest BCUT2D eigenvalue weighted by Gasteiger charge is 2.19. The minimum Gasteiger partial charge on any atom is -0.479 e. The van der Waals surface area contributed by atoms with Gasteiger partial charge >= 0.3 is 5.97 Å². The number of nitrogen functional groups attached to an aromatic ring is 1. The van der Waals surface area contributed by atoms with E-state index in [1.54, 1.807) is 0 Å². The first-order valence-corrected chi connectivity index (χ1v) is 4.99. The van der Waals surface area contributed by atoms with Gasteiger partial charge in [-0.1, -0.05) is 13.3 Å². The predicted octanol–water partition coefficient (Wildman–Crippen LogP) is 2.04. The van der Waals surface area contributed by atoms with Crippen LogP contribution in [0.3, 0.4) is 0 Å². The molecule has 1 rings (SSSR count). The van der Waals surface area contributed by atoms with Crippen LogP contribution in [-0.2, 0) is 4.79 Å². The summed E-state index contributed by atoms with van der Waals surface area (Å²) in [6.07, 6.45) is 0.113. The quantitative estimate of drug-likeness (QED) is 0.755. The summed E-state index contributed by atoms with van der Waals surface area (Å²) in [6, 6.07) is 3.60. The highest BCUT2D eigenvalue weighted by molar-refractivity contribution is 5.73. The van der Waals surface area contributed by atoms with Crippen LogP contribution in [0.25, 0.3) is 0 Å². The maximum atomic E-state index is 12.7. The highest BCUT2D eigenvalue weighted by atomic mass is 19.1. The van der Waals surface area contributed by atoms with Crippen molar-refractivity contribution in [2.24, 2.45) is 0 Å². The Morgan fingerprint density at radius 2 is 2.31 bits per heavy atom. The van der Waals surface area contributed by atoms with E-state index in [9.17, 15) is 9.18 Å². The summed E-state index contributed by atoms with van der Waals surface area (Å²) in [7, 11) is 0. The minimum absolute atomic E-state index is 0.0994. The van der Waals surface area contributed by atoms with E-state index in [0.29, 0.717) is 12.8 Å². The van der Waals surface area contributed by atoms with E-state index in [1.165, 1.54) is 12.1 Å². The number of aliphatic carboxylic acids is 1. The van der Waals surface area contributed by atoms with Gasteiger partial charge in [0.1, 0.15) is 11.6 Å². The van der Waals surface area contributed by atoms with Crippen LogP contribution in [0, 0.1) is 5.82 Å². The van der Waals surface area contributed by atoms with Crippen molar-refractivity contribution < 1.29 is 19.0 Å². The van der Waals surface area contributed by atoms with Gasteiger partial charge in [0.2, 0.25) is 0 Å². The summed E-state index contributed by atoms with van der Waals surface area (Å²) >= 11 is 0. The molecule has 0 bridgehead atoms. The topological polar surface area (TPSA) is 72.5 Å². The van der Waals surface area contributed by atoms with Gasteiger partial charge in [-0.25, -0.2) is 9.18 Å². The zero-order valence-electron chi connectivity index (χ0n) is 8.94. The Hall–Kier alpha value is -1.78. The van der Waals surface area contributed by atoms with E-state index >= 15 is 0 Å². The van der Waals surface area contributed by atoms with E-state index in [1.807, 2.05) is 6.92 Å². The van der Waals surface area contributed by atoms with Gasteiger partial charge in [-0.3, -0.25) is 0 Å². The Morgan fingerprint density at radius 1 is 1.62 bits per heavy atom. The van der Waals surface area contributed by atoms with Crippen LogP contribution in [0.15, 0.2) is 18.2 Å². The molecule has 5 heteroatoms. The average molecular weight is 227 g/mol. The number of hydrogen-bond acceptors (Lipinski definition) is 3. The molecule has 0 aliphatic carbocycles. The van der Waals surface area contributed by atoms with Crippen molar-refractivity contribution in [2.75, 3.05) is 5.73 Å². The molecule has 3 N–H and O–H groups in total. The van der Waals surface area contributed by atoms with Crippen molar-refractivity contribution in [2.45, 2.75) is 25.9 Å². The normalized spacial score (nSPS) is 12.1. The van der Waals surface area contributed by atoms with Crippen molar-refractivity contribution in [3.05, 3.63) is 24.0 Å². The molecule has 1 aromatic carbocycles. The smallest absolute Gasteiger partial charge is 0.344 e. The zero-order valence-corrected chi connectivity index (χ0v) is 8.94. The van der Waals surface area contributed by atoms with Crippen LogP contribution in [0.2, 0.25) is 0 Å². The fourth-order valence-electron chi connectivity index (χ4n) is 1.27. The maximum Gasteiger partial charge on any atom is 0.344 e. The zero-order chi connectivity index (χ0) is 12.1. The molecule has 1 atom stereocenters. The molecule has 0 radical (unpaired) electrons. The first-order valence-electron chi connectivity index (χ1n) is 4.99. The molecule has 0 spiro atoms. The van der Waals surface area contributed by atoms with Crippen molar-refractivity contribution >= 4 is 11.7 Å². The van der Waals surface area contributed by atoms with Gasteiger partial charge in [0.15, 0.2) is 6.10 Å². The molecule has 16 heavy (non-hydrogen) atoms. The molecule has 1 unspecified atom stereocenters. The number of carbonyl (C=O) groups is 1. The second kappa shape index (κ2) is 5.34. The SMILES string of the molecule is CCCC(Oc1ccc(F)cc1N)C(=O)O. The number of ether oxygens (including phenoxy) is 1. The van der Waals surface area contributed by atoms with Crippen molar-refractivity contribution in [3.8, 4) is 5.75 Å². The molecule has 0 saturated heterocycles. The number of rotatable bonds is 5. The van der Waals surface area contributed by atoms with Crippen LogP contribution < -0.4 is 10.5 Å². The van der Waals surface area contributed by atoms with Gasteiger partial charge in [-0.15, -0.1) is 0 Å². The first kappa shape index (κ1) is 12.3. The van der Waals surface area contributed by atoms with Crippen LogP contribution in [0.5, 0.6) is 5.75 Å². The summed E-state index contributed by atoms with van der Waals surface area (Å²) in [5.74, 6) is -1.33. The van der Waals surface area contributed by atoms with Crippen LogP contribution in [0.1, 0.15) is 19.8 Å². The Kier molecular flexibility index (Phi) is 4.10. The molecule has 1 aromatic rings. The number of nitrogens with two attached hydrogens (primary N) is 1. The number of carboxylic acids is 1. The van der Waals surface area contributed by atoms with E-state index in [4.69, 9.17) is 15.6 Å². The van der Waals surface area contributed by atoms with E-state index in [0.717, 1.165) is 6.07 Å². The third kappa shape index (κ3) is 3.12. The molecule has 0 aromatic heterocycles. The van der Waals surface area contributed by atoms with Crippen molar-refractivity contribution in [3.63, 3.8) is 0 Å². The number of benzene rings is 1. The summed E-state index contributed by atoms with van der Waals surface area (Å²) < 4.78 is 18.0. The molecule has 0 aliphatic rings. The molecule has 0 fully saturated rings. The fraction of sp³-hybridized carbons (Fsp3) is 0.364. The first-order chi connectivity index (χ1) is 7.54. The van der Waals surface area contributed by atoms with Crippen LogP contribution in [0.4, 0.5) is 10.1 Å².